The zero-order valence-corrected chi connectivity index (χ0v) is 15.2. The van der Waals surface area contributed by atoms with Crippen LogP contribution >= 0.6 is 0 Å². The number of fused-ring (bicyclic) bond motifs is 1. The topological polar surface area (TPSA) is 89.8 Å². The molecule has 0 saturated heterocycles. The van der Waals surface area contributed by atoms with Crippen molar-refractivity contribution in [1.29, 1.82) is 0 Å². The zero-order chi connectivity index (χ0) is 19.6. The number of amides is 1. The molecule has 1 aliphatic rings. The van der Waals surface area contributed by atoms with Gasteiger partial charge < -0.3 is 9.64 Å². The number of nitro groups is 1. The Kier molecular flexibility index (Phi) is 5.21. The molecule has 1 aliphatic heterocycles. The Labute approximate surface area is 156 Å². The smallest absolute Gasteiger partial charge is 0.338 e. The number of carbonyl (C=O) groups excluding carboxylic acids is 2. The monoisotopic (exact) mass is 368 g/mol. The molecular formula is C20H20N2O5. The summed E-state index contributed by atoms with van der Waals surface area (Å²) in [6.07, 6.45) is -0.164. The number of aryl methyl sites for hydroxylation is 1. The minimum absolute atomic E-state index is 0.0670. The summed E-state index contributed by atoms with van der Waals surface area (Å²) in [6.45, 7) is 4.16. The predicted octanol–water partition coefficient (Wildman–Crippen LogP) is 3.03. The number of carbonyl (C=O) groups is 2. The first kappa shape index (κ1) is 18.6. The molecule has 2 aromatic rings. The van der Waals surface area contributed by atoms with Crippen LogP contribution in [0, 0.1) is 17.0 Å². The van der Waals surface area contributed by atoms with Crippen LogP contribution < -0.4 is 0 Å². The highest BCUT2D eigenvalue weighted by Gasteiger charge is 2.27. The van der Waals surface area contributed by atoms with Crippen LogP contribution in [0.15, 0.2) is 42.5 Å². The lowest BCUT2D eigenvalue weighted by Crippen LogP contribution is -2.42. The average molecular weight is 368 g/mol. The Hall–Kier alpha value is -3.22. The summed E-state index contributed by atoms with van der Waals surface area (Å²) in [5, 5.41) is 10.9. The van der Waals surface area contributed by atoms with E-state index in [1.165, 1.54) is 23.8 Å². The normalized spacial score (nSPS) is 14.2. The van der Waals surface area contributed by atoms with Crippen LogP contribution in [0.2, 0.25) is 0 Å². The van der Waals surface area contributed by atoms with Gasteiger partial charge in [-0.2, -0.15) is 0 Å². The number of hydrogen-bond acceptors (Lipinski definition) is 5. The molecular weight excluding hydrogens is 348 g/mol. The van der Waals surface area contributed by atoms with Gasteiger partial charge in [-0.15, -0.1) is 0 Å². The Bertz CT molecular complexity index is 909. The van der Waals surface area contributed by atoms with E-state index in [2.05, 4.69) is 6.07 Å². The molecule has 0 unspecified atom stereocenters. The van der Waals surface area contributed by atoms with E-state index in [1.54, 1.807) is 18.7 Å². The van der Waals surface area contributed by atoms with Crippen molar-refractivity contribution in [2.75, 3.05) is 6.54 Å². The third-order valence-corrected chi connectivity index (χ3v) is 4.70. The number of esters is 1. The number of rotatable bonds is 4. The van der Waals surface area contributed by atoms with Crippen LogP contribution in [0.25, 0.3) is 0 Å². The predicted molar refractivity (Wildman–Crippen MR) is 98.3 cm³/mol. The van der Waals surface area contributed by atoms with Crippen LogP contribution in [0.3, 0.4) is 0 Å². The van der Waals surface area contributed by atoms with Gasteiger partial charge in [-0.25, -0.2) is 4.79 Å². The molecule has 140 valence electrons. The fourth-order valence-corrected chi connectivity index (χ4v) is 3.21. The number of nitrogens with zero attached hydrogens (tertiary/aromatic N) is 2. The highest BCUT2D eigenvalue weighted by Crippen LogP contribution is 2.21. The van der Waals surface area contributed by atoms with E-state index >= 15 is 0 Å². The summed E-state index contributed by atoms with van der Waals surface area (Å²) in [7, 11) is 0. The van der Waals surface area contributed by atoms with E-state index in [1.807, 2.05) is 18.2 Å². The number of ether oxygens (including phenoxy) is 1. The first-order valence-electron chi connectivity index (χ1n) is 8.68. The van der Waals surface area contributed by atoms with Gasteiger partial charge in [-0.1, -0.05) is 24.3 Å². The second-order valence-corrected chi connectivity index (χ2v) is 6.58. The minimum Gasteiger partial charge on any atom is -0.449 e. The number of nitro benzene ring substituents is 1. The van der Waals surface area contributed by atoms with Gasteiger partial charge in [0.15, 0.2) is 6.10 Å². The van der Waals surface area contributed by atoms with E-state index in [-0.39, 0.29) is 17.2 Å². The Morgan fingerprint density at radius 1 is 1.19 bits per heavy atom. The van der Waals surface area contributed by atoms with Crippen molar-refractivity contribution in [2.45, 2.75) is 32.9 Å². The minimum atomic E-state index is -0.932. The first-order valence-corrected chi connectivity index (χ1v) is 8.68. The molecule has 3 rings (SSSR count). The maximum absolute atomic E-state index is 12.6. The molecule has 0 saturated carbocycles. The molecule has 0 aromatic heterocycles. The summed E-state index contributed by atoms with van der Waals surface area (Å²) in [5.41, 5.74) is 2.81. The average Bonchev–Trinajstić information content (AvgIpc) is 2.66. The molecule has 0 N–H and O–H groups in total. The summed E-state index contributed by atoms with van der Waals surface area (Å²) < 4.78 is 5.29. The third-order valence-electron chi connectivity index (χ3n) is 4.70. The van der Waals surface area contributed by atoms with Crippen molar-refractivity contribution >= 4 is 17.6 Å². The highest BCUT2D eigenvalue weighted by molar-refractivity contribution is 5.92. The van der Waals surface area contributed by atoms with Crippen LogP contribution in [0.1, 0.15) is 34.0 Å². The van der Waals surface area contributed by atoms with E-state index in [4.69, 9.17) is 4.74 Å². The lowest BCUT2D eigenvalue weighted by atomic mass is 9.99. The Morgan fingerprint density at radius 3 is 2.56 bits per heavy atom. The molecule has 27 heavy (non-hydrogen) atoms. The van der Waals surface area contributed by atoms with E-state index < -0.39 is 17.0 Å². The molecule has 7 nitrogen and oxygen atoms in total. The van der Waals surface area contributed by atoms with Crippen molar-refractivity contribution in [3.05, 3.63) is 74.8 Å². The number of benzene rings is 2. The van der Waals surface area contributed by atoms with Crippen LogP contribution in [-0.2, 0) is 22.5 Å². The summed E-state index contributed by atoms with van der Waals surface area (Å²) in [5.74, 6) is -0.928. The standard InChI is InChI=1S/C20H20N2O5/c1-13-11-16(7-8-18(13)22(25)26)20(24)27-14(2)19(23)21-10-9-15-5-3-4-6-17(15)12-21/h3-8,11,14H,9-10,12H2,1-2H3/t14-/m1/s1. The molecule has 0 fully saturated rings. The molecule has 0 bridgehead atoms. The van der Waals surface area contributed by atoms with Crippen LogP contribution in [-0.4, -0.2) is 34.3 Å². The van der Waals surface area contributed by atoms with E-state index in [0.717, 1.165) is 12.0 Å². The Balaban J connectivity index is 1.65. The fraction of sp³-hybridized carbons (Fsp3) is 0.300. The van der Waals surface area contributed by atoms with Gasteiger partial charge in [0.1, 0.15) is 0 Å². The van der Waals surface area contributed by atoms with Crippen LogP contribution in [0.4, 0.5) is 5.69 Å². The van der Waals surface area contributed by atoms with Gasteiger partial charge in [0.25, 0.3) is 11.6 Å². The van der Waals surface area contributed by atoms with Gasteiger partial charge >= 0.3 is 5.97 Å². The van der Waals surface area contributed by atoms with Gasteiger partial charge in [-0.3, -0.25) is 14.9 Å². The molecule has 0 aliphatic carbocycles. The summed E-state index contributed by atoms with van der Waals surface area (Å²) >= 11 is 0. The van der Waals surface area contributed by atoms with Gasteiger partial charge in [0.2, 0.25) is 0 Å². The van der Waals surface area contributed by atoms with Gasteiger partial charge in [0, 0.05) is 24.7 Å². The molecule has 0 radical (unpaired) electrons. The number of hydrogen-bond donors (Lipinski definition) is 0. The maximum Gasteiger partial charge on any atom is 0.338 e. The lowest BCUT2D eigenvalue weighted by Gasteiger charge is -2.30. The van der Waals surface area contributed by atoms with Gasteiger partial charge in [-0.05, 0) is 43.5 Å². The lowest BCUT2D eigenvalue weighted by molar-refractivity contribution is -0.385. The first-order chi connectivity index (χ1) is 12.9. The third kappa shape index (κ3) is 3.97. The molecule has 1 amide bonds. The van der Waals surface area contributed by atoms with Crippen molar-refractivity contribution in [2.24, 2.45) is 0 Å². The van der Waals surface area contributed by atoms with Crippen molar-refractivity contribution in [3.63, 3.8) is 0 Å². The van der Waals surface area contributed by atoms with Gasteiger partial charge in [0.05, 0.1) is 10.5 Å². The second-order valence-electron chi connectivity index (χ2n) is 6.58. The van der Waals surface area contributed by atoms with Crippen molar-refractivity contribution < 1.29 is 19.2 Å². The molecule has 0 spiro atoms. The summed E-state index contributed by atoms with van der Waals surface area (Å²) in [6, 6.07) is 12.0. The molecule has 7 heteroatoms. The van der Waals surface area contributed by atoms with Crippen molar-refractivity contribution in [1.82, 2.24) is 4.90 Å². The molecule has 1 heterocycles. The quantitative estimate of drug-likeness (QED) is 0.470. The Morgan fingerprint density at radius 2 is 1.89 bits per heavy atom. The molecule has 2 aromatic carbocycles. The SMILES string of the molecule is Cc1cc(C(=O)O[C@H](C)C(=O)N2CCc3ccccc3C2)ccc1[N+](=O)[O-]. The highest BCUT2D eigenvalue weighted by atomic mass is 16.6. The van der Waals surface area contributed by atoms with E-state index in [0.29, 0.717) is 18.7 Å². The zero-order valence-electron chi connectivity index (χ0n) is 15.2. The molecule has 1 atom stereocenters. The second kappa shape index (κ2) is 7.57. The largest absolute Gasteiger partial charge is 0.449 e. The van der Waals surface area contributed by atoms with Crippen molar-refractivity contribution in [3.8, 4) is 0 Å². The fourth-order valence-electron chi connectivity index (χ4n) is 3.21. The van der Waals surface area contributed by atoms with E-state index in [9.17, 15) is 19.7 Å². The van der Waals surface area contributed by atoms with Crippen LogP contribution in [0.5, 0.6) is 0 Å². The summed E-state index contributed by atoms with van der Waals surface area (Å²) in [4.78, 5) is 37.0. The maximum atomic E-state index is 12.6.